The summed E-state index contributed by atoms with van der Waals surface area (Å²) in [7, 11) is 0. The van der Waals surface area contributed by atoms with Crippen LogP contribution in [-0.4, -0.2) is 36.6 Å². The summed E-state index contributed by atoms with van der Waals surface area (Å²) in [5, 5.41) is 13.0. The maximum Gasteiger partial charge on any atom is 0.416 e. The van der Waals surface area contributed by atoms with Crippen LogP contribution in [0, 0.1) is 19.8 Å². The number of hydrogen-bond donors (Lipinski definition) is 2. The minimum atomic E-state index is -4.43. The van der Waals surface area contributed by atoms with E-state index in [0.29, 0.717) is 28.6 Å². The van der Waals surface area contributed by atoms with Crippen molar-refractivity contribution in [2.75, 3.05) is 5.32 Å². The van der Waals surface area contributed by atoms with Crippen LogP contribution in [0.4, 0.5) is 19.0 Å². The summed E-state index contributed by atoms with van der Waals surface area (Å²) in [4.78, 5) is 25.1. The Kier molecular flexibility index (Phi) is 6.13. The van der Waals surface area contributed by atoms with Crippen LogP contribution in [-0.2, 0) is 12.7 Å². The van der Waals surface area contributed by atoms with Gasteiger partial charge in [0.1, 0.15) is 11.3 Å². The SMILES string of the molecule is Cc1cccc(-c2nc3nc(C(=O)O)nc(N[C@H](C)C4CC4)c3n2Cc2ccc(C(F)(F)F)cc2)c1C. The van der Waals surface area contributed by atoms with Crippen molar-refractivity contribution in [3.05, 3.63) is 70.5 Å². The number of aromatic carboxylic acids is 1. The van der Waals surface area contributed by atoms with Gasteiger partial charge < -0.3 is 15.0 Å². The van der Waals surface area contributed by atoms with Gasteiger partial charge in [0.05, 0.1) is 5.56 Å². The van der Waals surface area contributed by atoms with Gasteiger partial charge in [-0.2, -0.15) is 13.2 Å². The number of halogens is 3. The highest BCUT2D eigenvalue weighted by atomic mass is 19.4. The van der Waals surface area contributed by atoms with Gasteiger partial charge in [-0.15, -0.1) is 0 Å². The lowest BCUT2D eigenvalue weighted by Crippen LogP contribution is -2.20. The molecule has 2 aromatic heterocycles. The first-order valence-electron chi connectivity index (χ1n) is 12.0. The van der Waals surface area contributed by atoms with E-state index in [2.05, 4.69) is 15.3 Å². The molecule has 192 valence electrons. The van der Waals surface area contributed by atoms with E-state index in [1.807, 2.05) is 43.5 Å². The van der Waals surface area contributed by atoms with Gasteiger partial charge in [-0.1, -0.05) is 30.3 Å². The minimum absolute atomic E-state index is 0.0540. The third kappa shape index (κ3) is 4.87. The van der Waals surface area contributed by atoms with Gasteiger partial charge in [-0.25, -0.2) is 19.7 Å². The standard InChI is InChI=1S/C27H26F3N5O2/c1-14-5-4-6-20(15(14)2)25-34-23-21(35(25)13-17-7-11-19(12-8-17)27(28,29)30)22(31-16(3)18-9-10-18)32-24(33-23)26(36)37/h4-8,11-12,16,18H,9-10,13H2,1-3H3,(H,36,37)(H,31,32,33)/t16-/m1/s1. The molecule has 0 spiro atoms. The molecule has 0 unspecified atom stereocenters. The Labute approximate surface area is 211 Å². The van der Waals surface area contributed by atoms with Gasteiger partial charge in [0.15, 0.2) is 11.5 Å². The van der Waals surface area contributed by atoms with Crippen LogP contribution in [0.25, 0.3) is 22.6 Å². The minimum Gasteiger partial charge on any atom is -0.475 e. The fourth-order valence-electron chi connectivity index (χ4n) is 4.50. The number of carboxylic acid groups (broad SMARTS) is 1. The smallest absolute Gasteiger partial charge is 0.416 e. The zero-order chi connectivity index (χ0) is 26.5. The molecule has 2 aromatic carbocycles. The highest BCUT2D eigenvalue weighted by Gasteiger charge is 2.31. The van der Waals surface area contributed by atoms with Gasteiger partial charge >= 0.3 is 12.1 Å². The number of carbonyl (C=O) groups is 1. The monoisotopic (exact) mass is 509 g/mol. The van der Waals surface area contributed by atoms with Crippen molar-refractivity contribution in [2.24, 2.45) is 5.92 Å². The summed E-state index contributed by atoms with van der Waals surface area (Å²) < 4.78 is 41.3. The van der Waals surface area contributed by atoms with Crippen molar-refractivity contribution in [3.8, 4) is 11.4 Å². The zero-order valence-corrected chi connectivity index (χ0v) is 20.6. The first kappa shape index (κ1) is 24.7. The van der Waals surface area contributed by atoms with Crippen molar-refractivity contribution in [1.29, 1.82) is 0 Å². The molecule has 1 fully saturated rings. The van der Waals surface area contributed by atoms with Crippen LogP contribution < -0.4 is 5.32 Å². The van der Waals surface area contributed by atoms with Gasteiger partial charge in [0.2, 0.25) is 5.82 Å². The van der Waals surface area contributed by atoms with E-state index in [9.17, 15) is 23.1 Å². The Morgan fingerprint density at radius 1 is 1.11 bits per heavy atom. The molecule has 0 amide bonds. The Hall–Kier alpha value is -3.95. The number of aryl methyl sites for hydroxylation is 1. The second-order valence-corrected chi connectivity index (χ2v) is 9.61. The first-order valence-corrected chi connectivity index (χ1v) is 12.0. The van der Waals surface area contributed by atoms with Crippen molar-refractivity contribution in [2.45, 2.75) is 52.4 Å². The molecule has 2 heterocycles. The molecule has 5 rings (SSSR count). The third-order valence-corrected chi connectivity index (χ3v) is 6.96. The summed E-state index contributed by atoms with van der Waals surface area (Å²) in [5.74, 6) is -0.296. The highest BCUT2D eigenvalue weighted by Crippen LogP contribution is 2.36. The van der Waals surface area contributed by atoms with Crippen LogP contribution in [0.1, 0.15) is 52.6 Å². The van der Waals surface area contributed by atoms with Crippen LogP contribution in [0.2, 0.25) is 0 Å². The van der Waals surface area contributed by atoms with Gasteiger partial charge in [-0.05, 0) is 68.4 Å². The number of aromatic nitrogens is 4. The molecule has 4 aromatic rings. The summed E-state index contributed by atoms with van der Waals surface area (Å²) in [6.07, 6.45) is -2.28. The van der Waals surface area contributed by atoms with E-state index in [-0.39, 0.29) is 24.1 Å². The van der Waals surface area contributed by atoms with Gasteiger partial charge in [0.25, 0.3) is 0 Å². The molecule has 7 nitrogen and oxygen atoms in total. The number of nitrogens with one attached hydrogen (secondary N) is 1. The molecule has 1 atom stereocenters. The molecular weight excluding hydrogens is 483 g/mol. The number of fused-ring (bicyclic) bond motifs is 1. The summed E-state index contributed by atoms with van der Waals surface area (Å²) in [6, 6.07) is 10.8. The highest BCUT2D eigenvalue weighted by molar-refractivity contribution is 5.92. The van der Waals surface area contributed by atoms with Crippen molar-refractivity contribution in [3.63, 3.8) is 0 Å². The van der Waals surface area contributed by atoms with Gasteiger partial charge in [0, 0.05) is 18.2 Å². The predicted molar refractivity (Wildman–Crippen MR) is 134 cm³/mol. The Bertz CT molecular complexity index is 1490. The molecule has 0 bridgehead atoms. The van der Waals surface area contributed by atoms with Crippen molar-refractivity contribution in [1.82, 2.24) is 19.5 Å². The van der Waals surface area contributed by atoms with E-state index >= 15 is 0 Å². The fourth-order valence-corrected chi connectivity index (χ4v) is 4.50. The third-order valence-electron chi connectivity index (χ3n) is 6.96. The van der Waals surface area contributed by atoms with Crippen LogP contribution >= 0.6 is 0 Å². The summed E-state index contributed by atoms with van der Waals surface area (Å²) >= 11 is 0. The Balaban J connectivity index is 1.72. The molecule has 1 saturated carbocycles. The number of imidazole rings is 1. The first-order chi connectivity index (χ1) is 17.5. The number of alkyl halides is 3. The average Bonchev–Trinajstić information content (AvgIpc) is 3.63. The van der Waals surface area contributed by atoms with Crippen molar-refractivity contribution < 1.29 is 23.1 Å². The number of anilines is 1. The van der Waals surface area contributed by atoms with E-state index in [4.69, 9.17) is 4.98 Å². The fraction of sp³-hybridized carbons (Fsp3) is 0.333. The van der Waals surface area contributed by atoms with E-state index in [1.165, 1.54) is 12.1 Å². The van der Waals surface area contributed by atoms with Gasteiger partial charge in [-0.3, -0.25) is 0 Å². The number of carboxylic acids is 1. The number of nitrogens with zero attached hydrogens (tertiary/aromatic N) is 4. The maximum atomic E-state index is 13.1. The lowest BCUT2D eigenvalue weighted by Gasteiger charge is -2.17. The molecule has 1 aliphatic rings. The molecule has 1 aliphatic carbocycles. The van der Waals surface area contributed by atoms with Crippen LogP contribution in [0.5, 0.6) is 0 Å². The second kappa shape index (κ2) is 9.17. The number of benzene rings is 2. The molecule has 0 aliphatic heterocycles. The quantitative estimate of drug-likeness (QED) is 0.313. The lowest BCUT2D eigenvalue weighted by molar-refractivity contribution is -0.137. The Morgan fingerprint density at radius 3 is 2.43 bits per heavy atom. The summed E-state index contributed by atoms with van der Waals surface area (Å²) in [5.41, 5.74) is 3.47. The topological polar surface area (TPSA) is 92.9 Å². The molecule has 37 heavy (non-hydrogen) atoms. The Morgan fingerprint density at radius 2 is 1.81 bits per heavy atom. The second-order valence-electron chi connectivity index (χ2n) is 9.61. The molecule has 0 saturated heterocycles. The predicted octanol–water partition coefficient (Wildman–Crippen LogP) is 6.09. The van der Waals surface area contributed by atoms with Crippen molar-refractivity contribution >= 4 is 23.0 Å². The zero-order valence-electron chi connectivity index (χ0n) is 20.6. The van der Waals surface area contributed by atoms with Crippen LogP contribution in [0.3, 0.4) is 0 Å². The number of rotatable bonds is 7. The number of hydrogen-bond acceptors (Lipinski definition) is 5. The average molecular weight is 510 g/mol. The maximum absolute atomic E-state index is 13.1. The molecule has 10 heteroatoms. The summed E-state index contributed by atoms with van der Waals surface area (Å²) in [6.45, 7) is 6.16. The van der Waals surface area contributed by atoms with E-state index < -0.39 is 17.7 Å². The lowest BCUT2D eigenvalue weighted by atomic mass is 10.0. The van der Waals surface area contributed by atoms with E-state index in [0.717, 1.165) is 41.7 Å². The molecule has 2 N–H and O–H groups in total. The molecule has 0 radical (unpaired) electrons. The van der Waals surface area contributed by atoms with Crippen LogP contribution in [0.15, 0.2) is 42.5 Å². The largest absolute Gasteiger partial charge is 0.475 e. The van der Waals surface area contributed by atoms with E-state index in [1.54, 1.807) is 0 Å². The molecular formula is C27H26F3N5O2. The normalized spacial score (nSPS) is 14.6.